The lowest BCUT2D eigenvalue weighted by molar-refractivity contribution is -0.484. The van der Waals surface area contributed by atoms with Gasteiger partial charge in [-0.1, -0.05) is 68.9 Å². The van der Waals surface area contributed by atoms with E-state index in [1.807, 2.05) is 0 Å². The van der Waals surface area contributed by atoms with Crippen molar-refractivity contribution in [1.82, 2.24) is 0 Å². The van der Waals surface area contributed by atoms with Gasteiger partial charge in [0.05, 0.1) is 6.61 Å². The van der Waals surface area contributed by atoms with Gasteiger partial charge in [0, 0.05) is 12.8 Å². The molecule has 1 atom stereocenters. The van der Waals surface area contributed by atoms with Crippen molar-refractivity contribution < 1.29 is 14.5 Å². The molecule has 1 unspecified atom stereocenters. The standard InChI is InChI=1S/C24H34O3/c1-2-5-9-21(10-6-3-1)22-14-11-20(12-15-22)13-16-23-19-25-24(27-26-23)17-7-4-8-18-24/h11-16,21,23H,1-10,17-19H2. The summed E-state index contributed by atoms with van der Waals surface area (Å²) in [5.41, 5.74) is 2.72. The van der Waals surface area contributed by atoms with E-state index in [9.17, 15) is 0 Å². The van der Waals surface area contributed by atoms with Gasteiger partial charge in [-0.2, -0.15) is 0 Å². The van der Waals surface area contributed by atoms with Crippen LogP contribution in [0.5, 0.6) is 0 Å². The molecule has 3 aliphatic rings. The Bertz CT molecular complexity index is 583. The Hall–Kier alpha value is -1.16. The molecule has 0 amide bonds. The van der Waals surface area contributed by atoms with Crippen molar-refractivity contribution in [3.05, 3.63) is 41.5 Å². The fourth-order valence-electron chi connectivity index (χ4n) is 4.73. The minimum Gasteiger partial charge on any atom is -0.344 e. The van der Waals surface area contributed by atoms with Crippen LogP contribution in [0.3, 0.4) is 0 Å². The molecule has 3 fully saturated rings. The van der Waals surface area contributed by atoms with Gasteiger partial charge in [-0.05, 0) is 48.8 Å². The molecular weight excluding hydrogens is 336 g/mol. The van der Waals surface area contributed by atoms with Crippen LogP contribution in [-0.2, 0) is 14.5 Å². The summed E-state index contributed by atoms with van der Waals surface area (Å²) in [4.78, 5) is 11.3. The third kappa shape index (κ3) is 5.22. The maximum absolute atomic E-state index is 6.03. The molecule has 4 rings (SSSR count). The molecule has 1 saturated heterocycles. The first-order valence-corrected chi connectivity index (χ1v) is 11.1. The quantitative estimate of drug-likeness (QED) is 0.566. The van der Waals surface area contributed by atoms with E-state index in [1.54, 1.807) is 0 Å². The first-order chi connectivity index (χ1) is 13.3. The molecule has 1 aliphatic heterocycles. The molecule has 1 spiro atoms. The predicted octanol–water partition coefficient (Wildman–Crippen LogP) is 6.54. The Labute approximate surface area is 164 Å². The summed E-state index contributed by atoms with van der Waals surface area (Å²) in [6.07, 6.45) is 19.3. The Morgan fingerprint density at radius 2 is 1.48 bits per heavy atom. The van der Waals surface area contributed by atoms with E-state index >= 15 is 0 Å². The van der Waals surface area contributed by atoms with Crippen molar-refractivity contribution in [2.24, 2.45) is 0 Å². The number of hydrogen-bond acceptors (Lipinski definition) is 3. The van der Waals surface area contributed by atoms with Crippen molar-refractivity contribution in [2.75, 3.05) is 6.61 Å². The lowest BCUT2D eigenvalue weighted by Gasteiger charge is -2.40. The van der Waals surface area contributed by atoms with Gasteiger partial charge < -0.3 is 4.74 Å². The number of hydrogen-bond donors (Lipinski definition) is 0. The van der Waals surface area contributed by atoms with Crippen molar-refractivity contribution in [3.8, 4) is 0 Å². The van der Waals surface area contributed by atoms with Gasteiger partial charge in [0.25, 0.3) is 0 Å². The first kappa shape index (κ1) is 19.2. The van der Waals surface area contributed by atoms with Crippen molar-refractivity contribution in [3.63, 3.8) is 0 Å². The van der Waals surface area contributed by atoms with E-state index in [-0.39, 0.29) is 6.10 Å². The van der Waals surface area contributed by atoms with Crippen LogP contribution in [-0.4, -0.2) is 18.5 Å². The Morgan fingerprint density at radius 1 is 0.815 bits per heavy atom. The summed E-state index contributed by atoms with van der Waals surface area (Å²) in [6, 6.07) is 9.10. The van der Waals surface area contributed by atoms with E-state index < -0.39 is 5.79 Å². The van der Waals surface area contributed by atoms with Gasteiger partial charge in [0.2, 0.25) is 5.79 Å². The topological polar surface area (TPSA) is 27.7 Å². The van der Waals surface area contributed by atoms with E-state index in [4.69, 9.17) is 14.5 Å². The van der Waals surface area contributed by atoms with Crippen LogP contribution < -0.4 is 0 Å². The zero-order chi connectivity index (χ0) is 18.4. The Balaban J connectivity index is 1.29. The van der Waals surface area contributed by atoms with Crippen LogP contribution in [0.2, 0.25) is 0 Å². The summed E-state index contributed by atoms with van der Waals surface area (Å²) < 4.78 is 6.03. The molecular formula is C24H34O3. The van der Waals surface area contributed by atoms with Gasteiger partial charge in [-0.25, -0.2) is 9.78 Å². The first-order valence-electron chi connectivity index (χ1n) is 11.1. The summed E-state index contributed by atoms with van der Waals surface area (Å²) in [5.74, 6) is 0.278. The molecule has 1 aromatic carbocycles. The van der Waals surface area contributed by atoms with Gasteiger partial charge in [-0.3, -0.25) is 0 Å². The second-order valence-electron chi connectivity index (χ2n) is 8.57. The second-order valence-corrected chi connectivity index (χ2v) is 8.57. The maximum atomic E-state index is 6.03. The largest absolute Gasteiger partial charge is 0.344 e. The number of ether oxygens (including phenoxy) is 1. The fourth-order valence-corrected chi connectivity index (χ4v) is 4.73. The van der Waals surface area contributed by atoms with Crippen LogP contribution in [0.15, 0.2) is 30.3 Å². The molecule has 3 heteroatoms. The number of rotatable bonds is 3. The average molecular weight is 371 g/mol. The lowest BCUT2D eigenvalue weighted by Crippen LogP contribution is -2.45. The monoisotopic (exact) mass is 370 g/mol. The summed E-state index contributed by atoms with van der Waals surface area (Å²) in [6.45, 7) is 0.580. The SMILES string of the molecule is C(=CC1COC2(CCCCC2)OO1)c1ccc(C2CCCCCCC2)cc1. The smallest absolute Gasteiger partial charge is 0.201 e. The lowest BCUT2D eigenvalue weighted by atomic mass is 9.86. The molecule has 1 aromatic rings. The van der Waals surface area contributed by atoms with Crippen LogP contribution in [0.1, 0.15) is 94.1 Å². The van der Waals surface area contributed by atoms with Crippen LogP contribution in [0, 0.1) is 0 Å². The zero-order valence-corrected chi connectivity index (χ0v) is 16.5. The molecule has 0 bridgehead atoms. The summed E-state index contributed by atoms with van der Waals surface area (Å²) in [7, 11) is 0. The highest BCUT2D eigenvalue weighted by Gasteiger charge is 2.39. The summed E-state index contributed by atoms with van der Waals surface area (Å²) >= 11 is 0. The minimum atomic E-state index is -0.470. The van der Waals surface area contributed by atoms with Crippen molar-refractivity contribution >= 4 is 6.08 Å². The second kappa shape index (κ2) is 9.36. The maximum Gasteiger partial charge on any atom is 0.201 e. The molecule has 0 N–H and O–H groups in total. The molecule has 2 aliphatic carbocycles. The highest BCUT2D eigenvalue weighted by Crippen LogP contribution is 2.36. The van der Waals surface area contributed by atoms with Gasteiger partial charge in [0.15, 0.2) is 0 Å². The highest BCUT2D eigenvalue weighted by atomic mass is 17.2. The van der Waals surface area contributed by atoms with Gasteiger partial charge in [0.1, 0.15) is 6.10 Å². The molecule has 27 heavy (non-hydrogen) atoms. The zero-order valence-electron chi connectivity index (χ0n) is 16.5. The number of benzene rings is 1. The van der Waals surface area contributed by atoms with E-state index in [1.165, 1.54) is 62.5 Å². The third-order valence-electron chi connectivity index (χ3n) is 6.47. The van der Waals surface area contributed by atoms with Gasteiger partial charge >= 0.3 is 0 Å². The normalized spacial score (nSPS) is 27.5. The average Bonchev–Trinajstić information content (AvgIpc) is 2.69. The summed E-state index contributed by atoms with van der Waals surface area (Å²) in [5, 5.41) is 0. The Morgan fingerprint density at radius 3 is 2.15 bits per heavy atom. The molecule has 0 aromatic heterocycles. The Kier molecular flexibility index (Phi) is 6.64. The minimum absolute atomic E-state index is 0.122. The predicted molar refractivity (Wildman–Crippen MR) is 108 cm³/mol. The van der Waals surface area contributed by atoms with Crippen molar-refractivity contribution in [2.45, 2.75) is 94.9 Å². The van der Waals surface area contributed by atoms with E-state index in [2.05, 4.69) is 36.4 Å². The van der Waals surface area contributed by atoms with Crippen LogP contribution >= 0.6 is 0 Å². The molecule has 148 valence electrons. The van der Waals surface area contributed by atoms with Crippen LogP contribution in [0.4, 0.5) is 0 Å². The third-order valence-corrected chi connectivity index (χ3v) is 6.47. The fraction of sp³-hybridized carbons (Fsp3) is 0.667. The molecule has 1 heterocycles. The highest BCUT2D eigenvalue weighted by molar-refractivity contribution is 5.50. The molecule has 2 saturated carbocycles. The molecule has 3 nitrogen and oxygen atoms in total. The van der Waals surface area contributed by atoms with Crippen LogP contribution in [0.25, 0.3) is 6.08 Å². The van der Waals surface area contributed by atoms with Gasteiger partial charge in [-0.15, -0.1) is 0 Å². The molecule has 0 radical (unpaired) electrons. The van der Waals surface area contributed by atoms with E-state index in [0.717, 1.165) is 31.6 Å². The van der Waals surface area contributed by atoms with E-state index in [0.29, 0.717) is 6.61 Å². The van der Waals surface area contributed by atoms with Crippen molar-refractivity contribution in [1.29, 1.82) is 0 Å².